The molecule has 1 atom stereocenters. The maximum absolute atomic E-state index is 9.52. The first-order valence-corrected chi connectivity index (χ1v) is 7.10. The predicted octanol–water partition coefficient (Wildman–Crippen LogP) is 1.59. The van der Waals surface area contributed by atoms with E-state index < -0.39 is 0 Å². The summed E-state index contributed by atoms with van der Waals surface area (Å²) < 4.78 is 0. The van der Waals surface area contributed by atoms with Crippen LogP contribution in [-0.2, 0) is 0 Å². The average molecular weight is 264 g/mol. The van der Waals surface area contributed by atoms with E-state index in [1.54, 1.807) is 0 Å². The molecule has 1 aromatic rings. The van der Waals surface area contributed by atoms with E-state index in [0.29, 0.717) is 0 Å². The van der Waals surface area contributed by atoms with Gasteiger partial charge < -0.3 is 14.9 Å². The molecule has 5 heteroatoms. The number of rotatable bonds is 4. The van der Waals surface area contributed by atoms with Crippen LogP contribution in [0.25, 0.3) is 0 Å². The van der Waals surface area contributed by atoms with Gasteiger partial charge in [-0.3, -0.25) is 0 Å². The normalized spacial score (nSPS) is 19.6. The third-order valence-corrected chi connectivity index (χ3v) is 3.81. The molecule has 1 fully saturated rings. The van der Waals surface area contributed by atoms with E-state index >= 15 is 0 Å². The van der Waals surface area contributed by atoms with E-state index in [1.807, 2.05) is 20.0 Å². The summed E-state index contributed by atoms with van der Waals surface area (Å²) >= 11 is 0. The minimum Gasteiger partial charge on any atom is -0.394 e. The van der Waals surface area contributed by atoms with Crippen LogP contribution in [-0.4, -0.2) is 47.9 Å². The molecular weight excluding hydrogens is 240 g/mol. The van der Waals surface area contributed by atoms with Crippen molar-refractivity contribution in [1.29, 1.82) is 0 Å². The molecule has 106 valence electrons. The number of aromatic nitrogens is 2. The van der Waals surface area contributed by atoms with Crippen LogP contribution >= 0.6 is 0 Å². The number of hydrogen-bond acceptors (Lipinski definition) is 5. The monoisotopic (exact) mass is 264 g/mol. The third-order valence-electron chi connectivity index (χ3n) is 3.81. The summed E-state index contributed by atoms with van der Waals surface area (Å²) in [6.45, 7) is 6.11. The van der Waals surface area contributed by atoms with Crippen molar-refractivity contribution in [2.75, 3.05) is 36.5 Å². The first-order chi connectivity index (χ1) is 9.15. The van der Waals surface area contributed by atoms with Gasteiger partial charge in [0, 0.05) is 26.2 Å². The molecule has 1 aliphatic heterocycles. The summed E-state index contributed by atoms with van der Waals surface area (Å²) in [5.41, 5.74) is 0. The summed E-state index contributed by atoms with van der Waals surface area (Å²) in [5.74, 6) is 2.68. The molecule has 1 aliphatic rings. The Hall–Kier alpha value is -1.36. The molecule has 1 saturated heterocycles. The largest absolute Gasteiger partial charge is 0.394 e. The van der Waals surface area contributed by atoms with Crippen LogP contribution in [0.1, 0.15) is 32.0 Å². The van der Waals surface area contributed by atoms with E-state index in [0.717, 1.165) is 37.0 Å². The fourth-order valence-electron chi connectivity index (χ4n) is 2.53. The Bertz CT molecular complexity index is 424. The number of aliphatic hydroxyl groups excluding tert-OH is 1. The first-order valence-electron chi connectivity index (χ1n) is 7.10. The number of hydrogen-bond donors (Lipinski definition) is 1. The zero-order valence-corrected chi connectivity index (χ0v) is 12.1. The quantitative estimate of drug-likeness (QED) is 0.895. The van der Waals surface area contributed by atoms with Crippen molar-refractivity contribution >= 4 is 11.6 Å². The SMILES string of the molecule is CCN(C)c1cc(N2CCCCC2CO)nc(C)n1. The van der Waals surface area contributed by atoms with Gasteiger partial charge in [0.15, 0.2) is 0 Å². The van der Waals surface area contributed by atoms with Crippen LogP contribution in [0, 0.1) is 6.92 Å². The highest BCUT2D eigenvalue weighted by Gasteiger charge is 2.23. The van der Waals surface area contributed by atoms with Crippen molar-refractivity contribution < 1.29 is 5.11 Å². The van der Waals surface area contributed by atoms with E-state index in [2.05, 4.69) is 26.7 Å². The van der Waals surface area contributed by atoms with Crippen molar-refractivity contribution in [3.05, 3.63) is 11.9 Å². The van der Waals surface area contributed by atoms with Crippen LogP contribution in [0.3, 0.4) is 0 Å². The molecule has 0 amide bonds. The van der Waals surface area contributed by atoms with Gasteiger partial charge in [0.2, 0.25) is 0 Å². The second-order valence-corrected chi connectivity index (χ2v) is 5.17. The molecule has 0 spiro atoms. The highest BCUT2D eigenvalue weighted by Crippen LogP contribution is 2.25. The van der Waals surface area contributed by atoms with Gasteiger partial charge in [-0.05, 0) is 33.1 Å². The fourth-order valence-corrected chi connectivity index (χ4v) is 2.53. The maximum atomic E-state index is 9.52. The summed E-state index contributed by atoms with van der Waals surface area (Å²) in [5, 5.41) is 9.52. The Kier molecular flexibility index (Phi) is 4.58. The Balaban J connectivity index is 2.30. The minimum atomic E-state index is 0.196. The molecule has 19 heavy (non-hydrogen) atoms. The standard InChI is InChI=1S/C14H24N4O/c1-4-17(3)13-9-14(16-11(2)15-13)18-8-6-5-7-12(18)10-19/h9,12,19H,4-8,10H2,1-3H3. The van der Waals surface area contributed by atoms with E-state index in [9.17, 15) is 5.11 Å². The molecule has 0 aromatic carbocycles. The molecule has 0 bridgehead atoms. The van der Waals surface area contributed by atoms with Crippen LogP contribution in [0.5, 0.6) is 0 Å². The van der Waals surface area contributed by atoms with Crippen LogP contribution in [0.2, 0.25) is 0 Å². The molecule has 2 heterocycles. The molecule has 1 N–H and O–H groups in total. The summed E-state index contributed by atoms with van der Waals surface area (Å²) in [7, 11) is 2.03. The summed E-state index contributed by atoms with van der Waals surface area (Å²) in [6, 6.07) is 2.23. The minimum absolute atomic E-state index is 0.196. The maximum Gasteiger partial charge on any atom is 0.134 e. The second-order valence-electron chi connectivity index (χ2n) is 5.17. The lowest BCUT2D eigenvalue weighted by Crippen LogP contribution is -2.42. The van der Waals surface area contributed by atoms with Gasteiger partial charge in [-0.2, -0.15) is 0 Å². The van der Waals surface area contributed by atoms with Crippen LogP contribution in [0.4, 0.5) is 11.6 Å². The number of anilines is 2. The van der Waals surface area contributed by atoms with Crippen molar-refractivity contribution in [2.45, 2.75) is 39.2 Å². The lowest BCUT2D eigenvalue weighted by atomic mass is 10.0. The molecule has 1 aromatic heterocycles. The molecule has 5 nitrogen and oxygen atoms in total. The summed E-state index contributed by atoms with van der Waals surface area (Å²) in [4.78, 5) is 13.4. The topological polar surface area (TPSA) is 52.5 Å². The third kappa shape index (κ3) is 3.15. The van der Waals surface area contributed by atoms with Crippen LogP contribution in [0.15, 0.2) is 6.07 Å². The lowest BCUT2D eigenvalue weighted by molar-refractivity contribution is 0.239. The molecule has 0 aliphatic carbocycles. The Morgan fingerprint density at radius 3 is 2.89 bits per heavy atom. The van der Waals surface area contributed by atoms with E-state index in [4.69, 9.17) is 0 Å². The van der Waals surface area contributed by atoms with Gasteiger partial charge in [-0.25, -0.2) is 9.97 Å². The average Bonchev–Trinajstić information content (AvgIpc) is 2.45. The summed E-state index contributed by atoms with van der Waals surface area (Å²) in [6.07, 6.45) is 3.39. The predicted molar refractivity (Wildman–Crippen MR) is 77.8 cm³/mol. The Morgan fingerprint density at radius 2 is 2.21 bits per heavy atom. The Morgan fingerprint density at radius 1 is 1.42 bits per heavy atom. The van der Waals surface area contributed by atoms with Crippen molar-refractivity contribution in [3.63, 3.8) is 0 Å². The van der Waals surface area contributed by atoms with Crippen molar-refractivity contribution in [1.82, 2.24) is 9.97 Å². The van der Waals surface area contributed by atoms with Crippen molar-refractivity contribution in [2.24, 2.45) is 0 Å². The van der Waals surface area contributed by atoms with Gasteiger partial charge in [-0.15, -0.1) is 0 Å². The smallest absolute Gasteiger partial charge is 0.134 e. The van der Waals surface area contributed by atoms with E-state index in [1.165, 1.54) is 12.8 Å². The van der Waals surface area contributed by atoms with Crippen molar-refractivity contribution in [3.8, 4) is 0 Å². The van der Waals surface area contributed by atoms with Crippen LogP contribution < -0.4 is 9.80 Å². The van der Waals surface area contributed by atoms with Gasteiger partial charge >= 0.3 is 0 Å². The second kappa shape index (κ2) is 6.19. The van der Waals surface area contributed by atoms with E-state index in [-0.39, 0.29) is 12.6 Å². The number of nitrogens with zero attached hydrogens (tertiary/aromatic N) is 4. The zero-order valence-electron chi connectivity index (χ0n) is 12.1. The van der Waals surface area contributed by atoms with Gasteiger partial charge in [0.25, 0.3) is 0 Å². The Labute approximate surface area is 115 Å². The molecule has 2 rings (SSSR count). The first kappa shape index (κ1) is 14.1. The number of aliphatic hydroxyl groups is 1. The van der Waals surface area contributed by atoms with Gasteiger partial charge in [0.05, 0.1) is 12.6 Å². The van der Waals surface area contributed by atoms with Gasteiger partial charge in [-0.1, -0.05) is 0 Å². The molecule has 1 unspecified atom stereocenters. The number of aryl methyl sites for hydroxylation is 1. The highest BCUT2D eigenvalue weighted by molar-refractivity contribution is 5.51. The molecular formula is C14H24N4O. The highest BCUT2D eigenvalue weighted by atomic mass is 16.3. The molecule has 0 radical (unpaired) electrons. The molecule has 0 saturated carbocycles. The van der Waals surface area contributed by atoms with Gasteiger partial charge in [0.1, 0.15) is 17.5 Å². The number of piperidine rings is 1. The lowest BCUT2D eigenvalue weighted by Gasteiger charge is -2.36. The fraction of sp³-hybridized carbons (Fsp3) is 0.714. The zero-order chi connectivity index (χ0) is 13.8.